The Morgan fingerprint density at radius 1 is 1.25 bits per heavy atom. The van der Waals surface area contributed by atoms with Crippen LogP contribution in [0.1, 0.15) is 45.4 Å². The summed E-state index contributed by atoms with van der Waals surface area (Å²) in [4.78, 5) is 0. The molecule has 5 nitrogen and oxygen atoms in total. The van der Waals surface area contributed by atoms with E-state index in [0.717, 1.165) is 38.8 Å². The van der Waals surface area contributed by atoms with Crippen molar-refractivity contribution in [3.63, 3.8) is 0 Å². The molecule has 2 heterocycles. The summed E-state index contributed by atoms with van der Waals surface area (Å²) in [5, 5.41) is 3.37. The first kappa shape index (κ1) is 18.2. The Kier molecular flexibility index (Phi) is 7.75. The molecule has 0 aliphatic carbocycles. The fourth-order valence-corrected chi connectivity index (χ4v) is 4.56. The molecule has 2 unspecified atom stereocenters. The molecule has 2 fully saturated rings. The summed E-state index contributed by atoms with van der Waals surface area (Å²) in [5.41, 5.74) is 0. The van der Waals surface area contributed by atoms with Gasteiger partial charge in [0.2, 0.25) is 0 Å². The van der Waals surface area contributed by atoms with Crippen molar-refractivity contribution < 1.29 is 8.42 Å². The van der Waals surface area contributed by atoms with Gasteiger partial charge >= 0.3 is 0 Å². The second kappa shape index (κ2) is 8.54. The molecule has 7 heteroatoms. The molecule has 2 aliphatic rings. The van der Waals surface area contributed by atoms with E-state index in [-0.39, 0.29) is 18.4 Å². The minimum atomic E-state index is -3.27. The minimum Gasteiger partial charge on any atom is -0.316 e. The van der Waals surface area contributed by atoms with E-state index in [1.807, 2.05) is 6.92 Å². The normalized spacial score (nSPS) is 28.9. The van der Waals surface area contributed by atoms with Crippen molar-refractivity contribution in [2.24, 2.45) is 5.92 Å². The lowest BCUT2D eigenvalue weighted by atomic mass is 9.96. The topological polar surface area (TPSA) is 61.4 Å². The zero-order valence-electron chi connectivity index (χ0n) is 12.3. The molecule has 0 aromatic heterocycles. The van der Waals surface area contributed by atoms with Crippen molar-refractivity contribution in [2.45, 2.75) is 51.5 Å². The Bertz CT molecular complexity index is 372. The Morgan fingerprint density at radius 3 is 2.70 bits per heavy atom. The average molecular weight is 326 g/mol. The summed E-state index contributed by atoms with van der Waals surface area (Å²) in [6.45, 7) is 5.37. The zero-order valence-corrected chi connectivity index (χ0v) is 13.9. The highest BCUT2D eigenvalue weighted by Gasteiger charge is 2.29. The highest BCUT2D eigenvalue weighted by molar-refractivity contribution is 7.87. The van der Waals surface area contributed by atoms with E-state index in [1.165, 1.54) is 12.8 Å². The lowest BCUT2D eigenvalue weighted by Crippen LogP contribution is -2.48. The van der Waals surface area contributed by atoms with Crippen molar-refractivity contribution in [1.29, 1.82) is 0 Å². The molecule has 0 bridgehead atoms. The first-order valence-electron chi connectivity index (χ1n) is 7.57. The maximum absolute atomic E-state index is 12.2. The van der Waals surface area contributed by atoms with Crippen LogP contribution in [0, 0.1) is 5.92 Å². The number of nitrogens with zero attached hydrogens (tertiary/aromatic N) is 1. The van der Waals surface area contributed by atoms with Crippen LogP contribution in [0.4, 0.5) is 0 Å². The Balaban J connectivity index is 0.00000200. The van der Waals surface area contributed by atoms with E-state index < -0.39 is 10.2 Å². The van der Waals surface area contributed by atoms with Gasteiger partial charge in [-0.05, 0) is 58.0 Å². The van der Waals surface area contributed by atoms with Crippen molar-refractivity contribution in [1.82, 2.24) is 14.3 Å². The maximum Gasteiger partial charge on any atom is 0.279 e. The van der Waals surface area contributed by atoms with Crippen molar-refractivity contribution >= 4 is 22.6 Å². The molecule has 2 rings (SSSR count). The first-order valence-corrected chi connectivity index (χ1v) is 9.01. The van der Waals surface area contributed by atoms with Crippen LogP contribution in [0.2, 0.25) is 0 Å². The van der Waals surface area contributed by atoms with Crippen molar-refractivity contribution in [3.05, 3.63) is 0 Å². The highest BCUT2D eigenvalue weighted by atomic mass is 35.5. The third-order valence-electron chi connectivity index (χ3n) is 4.29. The summed E-state index contributed by atoms with van der Waals surface area (Å²) < 4.78 is 28.9. The van der Waals surface area contributed by atoms with Crippen LogP contribution in [-0.2, 0) is 10.2 Å². The van der Waals surface area contributed by atoms with Crippen LogP contribution in [0.25, 0.3) is 0 Å². The van der Waals surface area contributed by atoms with Gasteiger partial charge in [-0.3, -0.25) is 0 Å². The third-order valence-corrected chi connectivity index (χ3v) is 6.02. The van der Waals surface area contributed by atoms with Crippen molar-refractivity contribution in [3.8, 4) is 0 Å². The Labute approximate surface area is 129 Å². The number of hydrogen-bond acceptors (Lipinski definition) is 3. The second-order valence-corrected chi connectivity index (χ2v) is 7.56. The molecular formula is C13H28ClN3O2S. The Morgan fingerprint density at radius 2 is 2.05 bits per heavy atom. The van der Waals surface area contributed by atoms with Gasteiger partial charge in [-0.2, -0.15) is 12.7 Å². The smallest absolute Gasteiger partial charge is 0.279 e. The SMILES string of the molecule is CC1CCCCN1S(=O)(=O)NCCC1CCCNC1.Cl. The van der Waals surface area contributed by atoms with E-state index in [9.17, 15) is 8.42 Å². The average Bonchev–Trinajstić information content (AvgIpc) is 2.40. The van der Waals surface area contributed by atoms with E-state index in [0.29, 0.717) is 19.0 Å². The van der Waals surface area contributed by atoms with Gasteiger partial charge in [0.1, 0.15) is 0 Å². The number of piperidine rings is 2. The zero-order chi connectivity index (χ0) is 13.7. The molecule has 0 aromatic carbocycles. The fourth-order valence-electron chi connectivity index (χ4n) is 3.07. The molecule has 0 spiro atoms. The monoisotopic (exact) mass is 325 g/mol. The third kappa shape index (κ3) is 5.15. The van der Waals surface area contributed by atoms with Crippen LogP contribution in [0.15, 0.2) is 0 Å². The predicted molar refractivity (Wildman–Crippen MR) is 84.4 cm³/mol. The number of hydrogen-bond donors (Lipinski definition) is 2. The highest BCUT2D eigenvalue weighted by Crippen LogP contribution is 2.19. The van der Waals surface area contributed by atoms with Gasteiger partial charge in [0.15, 0.2) is 0 Å². The van der Waals surface area contributed by atoms with Gasteiger partial charge in [-0.15, -0.1) is 12.4 Å². The molecule has 20 heavy (non-hydrogen) atoms. The number of nitrogens with one attached hydrogen (secondary N) is 2. The van der Waals surface area contributed by atoms with Gasteiger partial charge in [0.25, 0.3) is 10.2 Å². The number of rotatable bonds is 5. The molecule has 120 valence electrons. The molecule has 2 atom stereocenters. The first-order chi connectivity index (χ1) is 9.09. The summed E-state index contributed by atoms with van der Waals surface area (Å²) >= 11 is 0. The lowest BCUT2D eigenvalue weighted by Gasteiger charge is -2.32. The second-order valence-electron chi connectivity index (χ2n) is 5.86. The Hall–Kier alpha value is 0.120. The molecule has 2 aliphatic heterocycles. The van der Waals surface area contributed by atoms with E-state index >= 15 is 0 Å². The predicted octanol–water partition coefficient (Wildman–Crippen LogP) is 1.51. The fraction of sp³-hybridized carbons (Fsp3) is 1.00. The summed E-state index contributed by atoms with van der Waals surface area (Å²) in [5.74, 6) is 0.621. The van der Waals surface area contributed by atoms with Gasteiger partial charge in [-0.25, -0.2) is 4.72 Å². The van der Waals surface area contributed by atoms with Crippen LogP contribution in [0.5, 0.6) is 0 Å². The standard InChI is InChI=1S/C13H27N3O2S.ClH/c1-12-5-2-3-10-16(12)19(17,18)15-9-7-13-6-4-8-14-11-13;/h12-15H,2-11H2,1H3;1H. The van der Waals surface area contributed by atoms with Gasteiger partial charge in [0, 0.05) is 19.1 Å². The molecule has 0 amide bonds. The van der Waals surface area contributed by atoms with Crippen LogP contribution in [0.3, 0.4) is 0 Å². The van der Waals surface area contributed by atoms with Crippen LogP contribution >= 0.6 is 12.4 Å². The van der Waals surface area contributed by atoms with Gasteiger partial charge in [0.05, 0.1) is 0 Å². The molecule has 0 aromatic rings. The van der Waals surface area contributed by atoms with Crippen molar-refractivity contribution in [2.75, 3.05) is 26.2 Å². The van der Waals surface area contributed by atoms with Crippen LogP contribution < -0.4 is 10.0 Å². The maximum atomic E-state index is 12.2. The molecule has 2 N–H and O–H groups in total. The minimum absolute atomic E-state index is 0. The number of halogens is 1. The molecular weight excluding hydrogens is 298 g/mol. The van der Waals surface area contributed by atoms with E-state index in [1.54, 1.807) is 4.31 Å². The van der Waals surface area contributed by atoms with E-state index in [2.05, 4.69) is 10.0 Å². The lowest BCUT2D eigenvalue weighted by molar-refractivity contribution is 0.264. The quantitative estimate of drug-likeness (QED) is 0.805. The summed E-state index contributed by atoms with van der Waals surface area (Å²) in [7, 11) is -3.27. The van der Waals surface area contributed by atoms with Gasteiger partial charge < -0.3 is 5.32 Å². The molecule has 0 radical (unpaired) electrons. The van der Waals surface area contributed by atoms with Gasteiger partial charge in [-0.1, -0.05) is 6.42 Å². The van der Waals surface area contributed by atoms with Crippen LogP contribution in [-0.4, -0.2) is 44.9 Å². The molecule has 2 saturated heterocycles. The summed E-state index contributed by atoms with van der Waals surface area (Å²) in [6, 6.07) is 0.141. The summed E-state index contributed by atoms with van der Waals surface area (Å²) in [6.07, 6.45) is 6.47. The molecule has 0 saturated carbocycles. The largest absolute Gasteiger partial charge is 0.316 e. The van der Waals surface area contributed by atoms with E-state index in [4.69, 9.17) is 0 Å².